The molecular formula is C25H25N3O2S. The quantitative estimate of drug-likeness (QED) is 0.498. The molecule has 0 amide bonds. The maximum Gasteiger partial charge on any atom is 0.262 e. The van der Waals surface area contributed by atoms with Gasteiger partial charge >= 0.3 is 0 Å². The van der Waals surface area contributed by atoms with Gasteiger partial charge in [-0.15, -0.1) is 11.3 Å². The van der Waals surface area contributed by atoms with E-state index in [0.29, 0.717) is 12.6 Å². The van der Waals surface area contributed by atoms with Crippen LogP contribution in [0.1, 0.15) is 28.0 Å². The van der Waals surface area contributed by atoms with E-state index in [1.54, 1.807) is 29.3 Å². The lowest BCUT2D eigenvalue weighted by Gasteiger charge is -2.23. The molecule has 0 spiro atoms. The Kier molecular flexibility index (Phi) is 5.57. The van der Waals surface area contributed by atoms with E-state index in [0.717, 1.165) is 47.3 Å². The van der Waals surface area contributed by atoms with Crippen LogP contribution in [0.5, 0.6) is 5.75 Å². The van der Waals surface area contributed by atoms with Gasteiger partial charge in [0.25, 0.3) is 5.56 Å². The number of benzene rings is 2. The average Bonchev–Trinajstić information content (AvgIpc) is 3.19. The van der Waals surface area contributed by atoms with Crippen molar-refractivity contribution in [3.05, 3.63) is 92.8 Å². The van der Waals surface area contributed by atoms with Gasteiger partial charge in [-0.25, -0.2) is 4.98 Å². The van der Waals surface area contributed by atoms with Gasteiger partial charge in [0.15, 0.2) is 0 Å². The molecule has 0 bridgehead atoms. The molecule has 5 rings (SSSR count). The van der Waals surface area contributed by atoms with Gasteiger partial charge in [-0.05, 0) is 48.1 Å². The Hall–Kier alpha value is -2.96. The van der Waals surface area contributed by atoms with E-state index in [4.69, 9.17) is 4.74 Å². The Labute approximate surface area is 185 Å². The molecule has 31 heavy (non-hydrogen) atoms. The Bertz CT molecular complexity index is 1260. The molecule has 2 aromatic carbocycles. The summed E-state index contributed by atoms with van der Waals surface area (Å²) in [6.45, 7) is 1.36. The summed E-state index contributed by atoms with van der Waals surface area (Å²) in [4.78, 5) is 20.0. The highest BCUT2D eigenvalue weighted by molar-refractivity contribution is 7.18. The third kappa shape index (κ3) is 4.13. The van der Waals surface area contributed by atoms with Crippen LogP contribution in [-0.2, 0) is 25.9 Å². The second kappa shape index (κ2) is 8.65. The fourth-order valence-corrected chi connectivity index (χ4v) is 5.57. The van der Waals surface area contributed by atoms with Gasteiger partial charge in [0.05, 0.1) is 25.4 Å². The number of aryl methyl sites for hydroxylation is 1. The van der Waals surface area contributed by atoms with Crippen LogP contribution in [0.3, 0.4) is 0 Å². The monoisotopic (exact) mass is 431 g/mol. The van der Waals surface area contributed by atoms with Crippen LogP contribution in [0.25, 0.3) is 10.2 Å². The Morgan fingerprint density at radius 2 is 2.00 bits per heavy atom. The van der Waals surface area contributed by atoms with Gasteiger partial charge in [0, 0.05) is 17.5 Å². The smallest absolute Gasteiger partial charge is 0.262 e. The van der Waals surface area contributed by atoms with Gasteiger partial charge in [0.2, 0.25) is 0 Å². The fourth-order valence-electron chi connectivity index (χ4n) is 4.31. The number of ether oxygens (including phenoxy) is 1. The molecule has 0 saturated heterocycles. The second-order valence-electron chi connectivity index (χ2n) is 8.02. The van der Waals surface area contributed by atoms with Gasteiger partial charge in [-0.1, -0.05) is 42.5 Å². The molecule has 4 aromatic rings. The van der Waals surface area contributed by atoms with E-state index >= 15 is 0 Å². The number of aromatic nitrogens is 2. The van der Waals surface area contributed by atoms with E-state index in [-0.39, 0.29) is 5.56 Å². The van der Waals surface area contributed by atoms with Crippen molar-refractivity contribution in [2.24, 2.45) is 0 Å². The van der Waals surface area contributed by atoms with E-state index < -0.39 is 0 Å². The van der Waals surface area contributed by atoms with E-state index in [1.165, 1.54) is 16.0 Å². The molecule has 1 aliphatic rings. The molecule has 1 aliphatic carbocycles. The Morgan fingerprint density at radius 3 is 2.84 bits per heavy atom. The first-order chi connectivity index (χ1) is 15.2. The van der Waals surface area contributed by atoms with Crippen LogP contribution < -0.4 is 15.6 Å². The molecule has 0 fully saturated rings. The zero-order valence-corrected chi connectivity index (χ0v) is 18.3. The van der Waals surface area contributed by atoms with Crippen molar-refractivity contribution in [3.63, 3.8) is 0 Å². The zero-order valence-electron chi connectivity index (χ0n) is 17.5. The lowest BCUT2D eigenvalue weighted by atomic mass is 9.93. The number of methoxy groups -OCH3 is 1. The third-order valence-electron chi connectivity index (χ3n) is 5.96. The van der Waals surface area contributed by atoms with Crippen LogP contribution in [0.15, 0.2) is 65.7 Å². The number of hydrogen-bond acceptors (Lipinski definition) is 5. The molecule has 2 aromatic heterocycles. The highest BCUT2D eigenvalue weighted by atomic mass is 32.1. The molecule has 1 atom stereocenters. The summed E-state index contributed by atoms with van der Waals surface area (Å²) < 4.78 is 7.05. The Morgan fingerprint density at radius 1 is 1.16 bits per heavy atom. The molecule has 0 radical (unpaired) electrons. The molecule has 6 heteroatoms. The third-order valence-corrected chi connectivity index (χ3v) is 7.12. The summed E-state index contributed by atoms with van der Waals surface area (Å²) in [5.74, 6) is 0.882. The average molecular weight is 432 g/mol. The van der Waals surface area contributed by atoms with Crippen molar-refractivity contribution in [1.29, 1.82) is 0 Å². The highest BCUT2D eigenvalue weighted by Gasteiger charge is 2.25. The van der Waals surface area contributed by atoms with Crippen molar-refractivity contribution in [2.75, 3.05) is 7.11 Å². The van der Waals surface area contributed by atoms with Crippen LogP contribution in [-0.4, -0.2) is 22.7 Å². The van der Waals surface area contributed by atoms with E-state index in [9.17, 15) is 4.79 Å². The lowest BCUT2D eigenvalue weighted by molar-refractivity contribution is 0.413. The predicted molar refractivity (Wildman–Crippen MR) is 125 cm³/mol. The van der Waals surface area contributed by atoms with E-state index in [1.807, 2.05) is 42.5 Å². The minimum atomic E-state index is 0.0779. The summed E-state index contributed by atoms with van der Waals surface area (Å²) in [6, 6.07) is 18.6. The van der Waals surface area contributed by atoms with Gasteiger partial charge in [0.1, 0.15) is 10.6 Å². The van der Waals surface area contributed by atoms with Gasteiger partial charge < -0.3 is 10.1 Å². The van der Waals surface area contributed by atoms with Crippen molar-refractivity contribution in [3.8, 4) is 5.75 Å². The van der Waals surface area contributed by atoms with Gasteiger partial charge in [-0.2, -0.15) is 0 Å². The summed E-state index contributed by atoms with van der Waals surface area (Å²) in [5, 5.41) is 4.50. The predicted octanol–water partition coefficient (Wildman–Crippen LogP) is 4.16. The summed E-state index contributed by atoms with van der Waals surface area (Å²) in [6.07, 6.45) is 4.57. The van der Waals surface area contributed by atoms with Gasteiger partial charge in [-0.3, -0.25) is 9.36 Å². The topological polar surface area (TPSA) is 56.1 Å². The first-order valence-electron chi connectivity index (χ1n) is 10.6. The summed E-state index contributed by atoms with van der Waals surface area (Å²) >= 11 is 1.68. The largest absolute Gasteiger partial charge is 0.497 e. The first kappa shape index (κ1) is 20.0. The van der Waals surface area contributed by atoms with Crippen LogP contribution in [0.2, 0.25) is 0 Å². The SMILES string of the molecule is COc1cccc(CNC2CCc3c(sc4ncn(Cc5ccccc5)c(=O)c34)C2)c1. The summed E-state index contributed by atoms with van der Waals surface area (Å²) in [5.41, 5.74) is 3.61. The van der Waals surface area contributed by atoms with Crippen LogP contribution in [0.4, 0.5) is 0 Å². The van der Waals surface area contributed by atoms with Crippen molar-refractivity contribution in [2.45, 2.75) is 38.4 Å². The minimum absolute atomic E-state index is 0.0779. The van der Waals surface area contributed by atoms with Crippen molar-refractivity contribution in [1.82, 2.24) is 14.9 Å². The molecule has 0 saturated carbocycles. The number of thiophene rings is 1. The normalized spacial score (nSPS) is 15.7. The van der Waals surface area contributed by atoms with Crippen molar-refractivity contribution >= 4 is 21.6 Å². The minimum Gasteiger partial charge on any atom is -0.497 e. The first-order valence-corrected chi connectivity index (χ1v) is 11.4. The van der Waals surface area contributed by atoms with Crippen LogP contribution >= 0.6 is 11.3 Å². The maximum absolute atomic E-state index is 13.2. The highest BCUT2D eigenvalue weighted by Crippen LogP contribution is 2.33. The molecule has 5 nitrogen and oxygen atoms in total. The van der Waals surface area contributed by atoms with E-state index in [2.05, 4.69) is 22.4 Å². The molecule has 1 unspecified atom stereocenters. The number of nitrogens with one attached hydrogen (secondary N) is 1. The standard InChI is InChI=1S/C25H25N3O2S/c1-30-20-9-5-8-18(12-20)14-26-19-10-11-21-22(13-19)31-24-23(21)25(29)28(16-27-24)15-17-6-3-2-4-7-17/h2-9,12,16,19,26H,10-11,13-15H2,1H3. The Balaban J connectivity index is 1.34. The fraction of sp³-hybridized carbons (Fsp3) is 0.280. The summed E-state index contributed by atoms with van der Waals surface area (Å²) in [7, 11) is 1.69. The molecule has 1 N–H and O–H groups in total. The van der Waals surface area contributed by atoms with Crippen molar-refractivity contribution < 1.29 is 4.74 Å². The molecule has 0 aliphatic heterocycles. The number of fused-ring (bicyclic) bond motifs is 3. The number of hydrogen-bond donors (Lipinski definition) is 1. The molecule has 2 heterocycles. The molecular weight excluding hydrogens is 406 g/mol. The number of rotatable bonds is 6. The number of nitrogens with zero attached hydrogens (tertiary/aromatic N) is 2. The zero-order chi connectivity index (χ0) is 21.2. The lowest BCUT2D eigenvalue weighted by Crippen LogP contribution is -2.33. The maximum atomic E-state index is 13.2. The molecule has 158 valence electrons. The van der Waals surface area contributed by atoms with Crippen LogP contribution in [0, 0.1) is 0 Å². The second-order valence-corrected chi connectivity index (χ2v) is 9.10.